The number of hydrogen-bond acceptors (Lipinski definition) is 3. The highest BCUT2D eigenvalue weighted by Crippen LogP contribution is 2.08. The maximum Gasteiger partial charge on any atom is 0.308 e. The number of esters is 1. The molecule has 0 bridgehead atoms. The molecule has 0 aliphatic heterocycles. The van der Waals surface area contributed by atoms with Crippen molar-refractivity contribution in [2.75, 3.05) is 6.61 Å². The van der Waals surface area contributed by atoms with Crippen LogP contribution in [-0.4, -0.2) is 23.8 Å². The van der Waals surface area contributed by atoms with Crippen LogP contribution in [0.4, 0.5) is 0 Å². The van der Waals surface area contributed by atoms with Crippen molar-refractivity contribution in [3.63, 3.8) is 0 Å². The average molecular weight is 174 g/mol. The summed E-state index contributed by atoms with van der Waals surface area (Å²) in [7, 11) is 0. The quantitative estimate of drug-likeness (QED) is 0.640. The van der Waals surface area contributed by atoms with Gasteiger partial charge in [-0.15, -0.1) is 0 Å². The summed E-state index contributed by atoms with van der Waals surface area (Å²) >= 11 is 0. The molecular weight excluding hydrogens is 156 g/mol. The summed E-state index contributed by atoms with van der Waals surface area (Å²) in [4.78, 5) is 11.2. The summed E-state index contributed by atoms with van der Waals surface area (Å²) in [5.41, 5.74) is 0. The van der Waals surface area contributed by atoms with Crippen molar-refractivity contribution < 1.29 is 14.6 Å². The van der Waals surface area contributed by atoms with E-state index < -0.39 is 0 Å². The number of aliphatic hydroxyl groups is 1. The van der Waals surface area contributed by atoms with E-state index in [0.717, 1.165) is 0 Å². The van der Waals surface area contributed by atoms with Crippen molar-refractivity contribution >= 4 is 5.97 Å². The van der Waals surface area contributed by atoms with Crippen molar-refractivity contribution in [2.24, 2.45) is 5.92 Å². The summed E-state index contributed by atoms with van der Waals surface area (Å²) in [5, 5.41) is 8.53. The maximum atomic E-state index is 11.2. The highest BCUT2D eigenvalue weighted by Gasteiger charge is 2.14. The molecule has 0 radical (unpaired) electrons. The normalized spacial score (nSPS) is 13.1. The van der Waals surface area contributed by atoms with Crippen LogP contribution >= 0.6 is 0 Å². The molecule has 0 heterocycles. The molecular formula is C9H18O3. The maximum absolute atomic E-state index is 11.2. The zero-order valence-corrected chi connectivity index (χ0v) is 8.04. The molecule has 1 N–H and O–H groups in total. The Kier molecular flexibility index (Phi) is 5.72. The van der Waals surface area contributed by atoms with Gasteiger partial charge in [0.2, 0.25) is 0 Å². The van der Waals surface area contributed by atoms with Crippen LogP contribution in [0.3, 0.4) is 0 Å². The number of carbonyl (C=O) groups excluding carboxylic acids is 1. The molecule has 0 aromatic carbocycles. The van der Waals surface area contributed by atoms with Gasteiger partial charge in [0.05, 0.1) is 12.0 Å². The number of hydrogen-bond donors (Lipinski definition) is 1. The summed E-state index contributed by atoms with van der Waals surface area (Å²) in [6, 6.07) is 0. The Morgan fingerprint density at radius 3 is 2.42 bits per heavy atom. The third kappa shape index (κ3) is 5.13. The Hall–Kier alpha value is -0.570. The van der Waals surface area contributed by atoms with Crippen molar-refractivity contribution in [3.05, 3.63) is 0 Å². The monoisotopic (exact) mass is 174 g/mol. The predicted octanol–water partition coefficient (Wildman–Crippen LogP) is 1.35. The fraction of sp³-hybridized carbons (Fsp3) is 0.889. The summed E-state index contributed by atoms with van der Waals surface area (Å²) in [6.07, 6.45) is 1.31. The number of aliphatic hydroxyl groups excluding tert-OH is 1. The lowest BCUT2D eigenvalue weighted by molar-refractivity contribution is -0.152. The molecule has 0 aromatic rings. The van der Waals surface area contributed by atoms with Gasteiger partial charge in [0.25, 0.3) is 0 Å². The molecule has 0 aliphatic carbocycles. The molecule has 0 fully saturated rings. The molecule has 1 unspecified atom stereocenters. The topological polar surface area (TPSA) is 46.5 Å². The predicted molar refractivity (Wildman–Crippen MR) is 46.7 cm³/mol. The van der Waals surface area contributed by atoms with Gasteiger partial charge in [-0.05, 0) is 26.7 Å². The number of ether oxygens (including phenoxy) is 1. The zero-order valence-electron chi connectivity index (χ0n) is 8.04. The van der Waals surface area contributed by atoms with Crippen molar-refractivity contribution in [1.29, 1.82) is 0 Å². The minimum Gasteiger partial charge on any atom is -0.463 e. The first kappa shape index (κ1) is 11.4. The fourth-order valence-corrected chi connectivity index (χ4v) is 0.864. The van der Waals surface area contributed by atoms with Gasteiger partial charge in [-0.25, -0.2) is 0 Å². The molecule has 0 saturated heterocycles. The summed E-state index contributed by atoms with van der Waals surface area (Å²) in [5.74, 6) is -0.266. The summed E-state index contributed by atoms with van der Waals surface area (Å²) < 4.78 is 4.99. The van der Waals surface area contributed by atoms with Gasteiger partial charge in [0, 0.05) is 6.61 Å². The second-order valence-electron chi connectivity index (χ2n) is 3.25. The summed E-state index contributed by atoms with van der Waals surface area (Å²) in [6.45, 7) is 5.62. The van der Waals surface area contributed by atoms with Crippen LogP contribution in [-0.2, 0) is 9.53 Å². The molecule has 3 heteroatoms. The number of carbonyl (C=O) groups is 1. The smallest absolute Gasteiger partial charge is 0.308 e. The lowest BCUT2D eigenvalue weighted by atomic mass is 10.1. The molecule has 0 spiro atoms. The molecule has 0 aliphatic rings. The third-order valence-electron chi connectivity index (χ3n) is 1.55. The van der Waals surface area contributed by atoms with E-state index in [1.54, 1.807) is 0 Å². The van der Waals surface area contributed by atoms with E-state index >= 15 is 0 Å². The fourth-order valence-electron chi connectivity index (χ4n) is 0.864. The molecule has 0 rings (SSSR count). The molecule has 0 amide bonds. The van der Waals surface area contributed by atoms with Gasteiger partial charge in [0.15, 0.2) is 0 Å². The zero-order chi connectivity index (χ0) is 9.56. The van der Waals surface area contributed by atoms with Gasteiger partial charge >= 0.3 is 5.97 Å². The van der Waals surface area contributed by atoms with Crippen molar-refractivity contribution in [2.45, 2.75) is 39.7 Å². The van der Waals surface area contributed by atoms with Crippen molar-refractivity contribution in [3.8, 4) is 0 Å². The largest absolute Gasteiger partial charge is 0.463 e. The van der Waals surface area contributed by atoms with Crippen LogP contribution in [0.5, 0.6) is 0 Å². The Balaban J connectivity index is 3.61. The first-order valence-electron chi connectivity index (χ1n) is 4.39. The molecule has 1 atom stereocenters. The van der Waals surface area contributed by atoms with Gasteiger partial charge in [-0.1, -0.05) is 6.92 Å². The van der Waals surface area contributed by atoms with Crippen LogP contribution in [0, 0.1) is 5.92 Å². The SMILES string of the molecule is CC(C)OC(=O)C(C)CCCO. The molecule has 3 nitrogen and oxygen atoms in total. The Labute approximate surface area is 73.7 Å². The first-order valence-corrected chi connectivity index (χ1v) is 4.39. The molecule has 12 heavy (non-hydrogen) atoms. The Bertz CT molecular complexity index is 132. The Morgan fingerprint density at radius 1 is 1.42 bits per heavy atom. The van der Waals surface area contributed by atoms with E-state index in [2.05, 4.69) is 0 Å². The molecule has 0 saturated carbocycles. The first-order chi connectivity index (χ1) is 5.57. The lowest BCUT2D eigenvalue weighted by Crippen LogP contribution is -2.19. The van der Waals surface area contributed by atoms with E-state index in [1.807, 2.05) is 20.8 Å². The van der Waals surface area contributed by atoms with Gasteiger partial charge in [-0.2, -0.15) is 0 Å². The van der Waals surface area contributed by atoms with E-state index in [1.165, 1.54) is 0 Å². The standard InChI is InChI=1S/C9H18O3/c1-7(2)12-9(11)8(3)5-4-6-10/h7-8,10H,4-6H2,1-3H3. The molecule has 0 aromatic heterocycles. The second kappa shape index (κ2) is 6.00. The van der Waals surface area contributed by atoms with E-state index in [0.29, 0.717) is 12.8 Å². The highest BCUT2D eigenvalue weighted by atomic mass is 16.5. The molecule has 72 valence electrons. The number of rotatable bonds is 5. The van der Waals surface area contributed by atoms with Crippen LogP contribution in [0.1, 0.15) is 33.6 Å². The third-order valence-corrected chi connectivity index (χ3v) is 1.55. The van der Waals surface area contributed by atoms with E-state index in [4.69, 9.17) is 9.84 Å². The van der Waals surface area contributed by atoms with E-state index in [-0.39, 0.29) is 24.6 Å². The van der Waals surface area contributed by atoms with Crippen molar-refractivity contribution in [1.82, 2.24) is 0 Å². The minimum absolute atomic E-state index is 0.0472. The average Bonchev–Trinajstić information content (AvgIpc) is 1.98. The highest BCUT2D eigenvalue weighted by molar-refractivity contribution is 5.72. The van der Waals surface area contributed by atoms with Gasteiger partial charge in [0.1, 0.15) is 0 Å². The van der Waals surface area contributed by atoms with E-state index in [9.17, 15) is 4.79 Å². The van der Waals surface area contributed by atoms with Crippen LogP contribution in [0.15, 0.2) is 0 Å². The lowest BCUT2D eigenvalue weighted by Gasteiger charge is -2.12. The minimum atomic E-state index is -0.168. The second-order valence-corrected chi connectivity index (χ2v) is 3.25. The van der Waals surface area contributed by atoms with Crippen LogP contribution in [0.25, 0.3) is 0 Å². The van der Waals surface area contributed by atoms with Gasteiger partial charge in [-0.3, -0.25) is 4.79 Å². The van der Waals surface area contributed by atoms with Crippen LogP contribution < -0.4 is 0 Å². The Morgan fingerprint density at radius 2 is 2.00 bits per heavy atom. The van der Waals surface area contributed by atoms with Crippen LogP contribution in [0.2, 0.25) is 0 Å². The van der Waals surface area contributed by atoms with Gasteiger partial charge < -0.3 is 9.84 Å².